The highest BCUT2D eigenvalue weighted by molar-refractivity contribution is 5.98. The number of likely N-dealkylation sites (N-methyl/N-ethyl adjacent to an activating group) is 1. The van der Waals surface area contributed by atoms with E-state index < -0.39 is 5.76 Å². The van der Waals surface area contributed by atoms with Crippen LogP contribution in [0.3, 0.4) is 0 Å². The van der Waals surface area contributed by atoms with E-state index in [2.05, 4.69) is 27.0 Å². The number of hydrogen-bond donors (Lipinski definition) is 0. The second kappa shape index (κ2) is 9.36. The van der Waals surface area contributed by atoms with Crippen molar-refractivity contribution < 1.29 is 13.7 Å². The molecule has 176 valence electrons. The average Bonchev–Trinajstić information content (AvgIpc) is 3.41. The fraction of sp³-hybridized carbons (Fsp3) is 0.360. The summed E-state index contributed by atoms with van der Waals surface area (Å²) in [6.45, 7) is 6.82. The second-order valence-corrected chi connectivity index (χ2v) is 8.79. The van der Waals surface area contributed by atoms with Crippen molar-refractivity contribution in [1.82, 2.24) is 24.5 Å². The smallest absolute Gasteiger partial charge is 0.408 e. The highest BCUT2D eigenvalue weighted by atomic mass is 16.5. The molecule has 1 aliphatic rings. The molecule has 2 aromatic heterocycles. The largest absolute Gasteiger partial charge is 0.420 e. The number of rotatable bonds is 7. The molecule has 0 N–H and O–H groups in total. The van der Waals surface area contributed by atoms with Crippen molar-refractivity contribution in [1.29, 1.82) is 0 Å². The maximum Gasteiger partial charge on any atom is 0.420 e. The van der Waals surface area contributed by atoms with Gasteiger partial charge in [0, 0.05) is 57.2 Å². The van der Waals surface area contributed by atoms with Gasteiger partial charge in [0.2, 0.25) is 11.7 Å². The Morgan fingerprint density at radius 3 is 2.68 bits per heavy atom. The lowest BCUT2D eigenvalue weighted by Crippen LogP contribution is -2.45. The SMILES string of the molecule is Cc1nc(-c2cccc(Cn3c(=O)oc4cc(C(=O)CCN5CCN(C)CC5)ccc43)c2)no1. The average molecular weight is 462 g/mol. The van der Waals surface area contributed by atoms with Gasteiger partial charge in [-0.25, -0.2) is 4.79 Å². The second-order valence-electron chi connectivity index (χ2n) is 8.79. The van der Waals surface area contributed by atoms with Gasteiger partial charge < -0.3 is 18.7 Å². The Hall–Kier alpha value is -3.56. The number of piperazine rings is 1. The van der Waals surface area contributed by atoms with Gasteiger partial charge in [0.05, 0.1) is 12.1 Å². The molecule has 1 saturated heterocycles. The number of ketones is 1. The molecule has 0 radical (unpaired) electrons. The lowest BCUT2D eigenvalue weighted by Gasteiger charge is -2.32. The first-order valence-corrected chi connectivity index (χ1v) is 11.4. The van der Waals surface area contributed by atoms with Gasteiger partial charge in [0.15, 0.2) is 11.4 Å². The Kier molecular flexibility index (Phi) is 6.12. The number of oxazole rings is 1. The number of nitrogens with zero attached hydrogens (tertiary/aromatic N) is 5. The maximum atomic E-state index is 12.8. The molecule has 4 aromatic rings. The van der Waals surface area contributed by atoms with Crippen molar-refractivity contribution in [3.05, 3.63) is 70.0 Å². The molecule has 0 spiro atoms. The van der Waals surface area contributed by atoms with E-state index in [1.165, 1.54) is 0 Å². The van der Waals surface area contributed by atoms with Crippen LogP contribution in [0.25, 0.3) is 22.5 Å². The standard InChI is InChI=1S/C25H27N5O4/c1-17-26-24(27-34-17)20-5-3-4-18(14-20)16-30-21-7-6-19(15-23(21)33-25(30)32)22(31)8-9-29-12-10-28(2)11-13-29/h3-7,14-15H,8-13,16H2,1-2H3. The summed E-state index contributed by atoms with van der Waals surface area (Å²) in [6, 6.07) is 12.9. The fourth-order valence-electron chi connectivity index (χ4n) is 4.27. The zero-order valence-corrected chi connectivity index (χ0v) is 19.4. The van der Waals surface area contributed by atoms with E-state index >= 15 is 0 Å². The molecule has 9 heteroatoms. The van der Waals surface area contributed by atoms with E-state index in [9.17, 15) is 9.59 Å². The van der Waals surface area contributed by atoms with Crippen LogP contribution in [0.2, 0.25) is 0 Å². The van der Waals surface area contributed by atoms with E-state index in [1.54, 1.807) is 29.7 Å². The van der Waals surface area contributed by atoms with Crippen LogP contribution < -0.4 is 5.76 Å². The van der Waals surface area contributed by atoms with Crippen LogP contribution in [0.5, 0.6) is 0 Å². The van der Waals surface area contributed by atoms with Gasteiger partial charge in [-0.1, -0.05) is 23.4 Å². The molecule has 5 rings (SSSR count). The Labute approximate surface area is 196 Å². The third-order valence-electron chi connectivity index (χ3n) is 6.29. The Balaban J connectivity index is 1.32. The van der Waals surface area contributed by atoms with Crippen LogP contribution in [0.4, 0.5) is 0 Å². The van der Waals surface area contributed by atoms with E-state index in [0.717, 1.165) is 43.9 Å². The zero-order chi connectivity index (χ0) is 23.7. The lowest BCUT2D eigenvalue weighted by molar-refractivity contribution is 0.0942. The summed E-state index contributed by atoms with van der Waals surface area (Å²) in [5.74, 6) is 0.590. The van der Waals surface area contributed by atoms with Crippen LogP contribution in [0, 0.1) is 6.92 Å². The first kappa shape index (κ1) is 22.2. The van der Waals surface area contributed by atoms with Gasteiger partial charge in [-0.15, -0.1) is 0 Å². The van der Waals surface area contributed by atoms with Crippen LogP contribution in [0.15, 0.2) is 56.2 Å². The van der Waals surface area contributed by atoms with Gasteiger partial charge in [-0.2, -0.15) is 4.98 Å². The van der Waals surface area contributed by atoms with E-state index in [4.69, 9.17) is 8.94 Å². The summed E-state index contributed by atoms with van der Waals surface area (Å²) in [4.78, 5) is 34.2. The number of carbonyl (C=O) groups is 1. The van der Waals surface area contributed by atoms with E-state index in [0.29, 0.717) is 41.3 Å². The van der Waals surface area contributed by atoms with Crippen molar-refractivity contribution in [2.24, 2.45) is 0 Å². The highest BCUT2D eigenvalue weighted by Gasteiger charge is 2.17. The Morgan fingerprint density at radius 1 is 1.09 bits per heavy atom. The van der Waals surface area contributed by atoms with Crippen LogP contribution >= 0.6 is 0 Å². The first-order valence-electron chi connectivity index (χ1n) is 11.4. The number of hydrogen-bond acceptors (Lipinski definition) is 8. The molecule has 3 heterocycles. The molecular weight excluding hydrogens is 434 g/mol. The summed E-state index contributed by atoms with van der Waals surface area (Å²) >= 11 is 0. The van der Waals surface area contributed by atoms with Gasteiger partial charge in [0.1, 0.15) is 0 Å². The summed E-state index contributed by atoms with van der Waals surface area (Å²) in [5, 5.41) is 3.96. The van der Waals surface area contributed by atoms with Crippen molar-refractivity contribution >= 4 is 16.9 Å². The van der Waals surface area contributed by atoms with Crippen LogP contribution in [0.1, 0.15) is 28.2 Å². The maximum absolute atomic E-state index is 12.8. The topological polar surface area (TPSA) is 97.6 Å². The summed E-state index contributed by atoms with van der Waals surface area (Å²) in [6.07, 6.45) is 0.447. The molecule has 0 bridgehead atoms. The normalized spacial score (nSPS) is 15.2. The van der Waals surface area contributed by atoms with E-state index in [1.807, 2.05) is 24.3 Å². The number of aryl methyl sites for hydroxylation is 1. The minimum absolute atomic E-state index is 0.0549. The predicted molar refractivity (Wildman–Crippen MR) is 127 cm³/mol. The van der Waals surface area contributed by atoms with Crippen molar-refractivity contribution in [2.75, 3.05) is 39.8 Å². The summed E-state index contributed by atoms with van der Waals surface area (Å²) in [7, 11) is 2.11. The first-order chi connectivity index (χ1) is 16.5. The number of fused-ring (bicyclic) bond motifs is 1. The quantitative estimate of drug-likeness (QED) is 0.388. The zero-order valence-electron chi connectivity index (χ0n) is 19.4. The molecule has 9 nitrogen and oxygen atoms in total. The molecule has 0 unspecified atom stereocenters. The number of aromatic nitrogens is 3. The Morgan fingerprint density at radius 2 is 1.91 bits per heavy atom. The van der Waals surface area contributed by atoms with Crippen molar-refractivity contribution in [3.63, 3.8) is 0 Å². The van der Waals surface area contributed by atoms with Gasteiger partial charge in [0.25, 0.3) is 0 Å². The Bertz CT molecular complexity index is 1380. The molecule has 34 heavy (non-hydrogen) atoms. The minimum Gasteiger partial charge on any atom is -0.408 e. The number of carbonyl (C=O) groups excluding carboxylic acids is 1. The highest BCUT2D eigenvalue weighted by Crippen LogP contribution is 2.21. The molecule has 0 amide bonds. The molecule has 1 fully saturated rings. The molecular formula is C25H27N5O4. The third kappa shape index (κ3) is 4.71. The number of benzene rings is 2. The summed E-state index contributed by atoms with van der Waals surface area (Å²) < 4.78 is 12.1. The van der Waals surface area contributed by atoms with Crippen LogP contribution in [-0.4, -0.2) is 70.1 Å². The third-order valence-corrected chi connectivity index (χ3v) is 6.29. The molecule has 2 aromatic carbocycles. The van der Waals surface area contributed by atoms with Gasteiger partial charge in [-0.3, -0.25) is 9.36 Å². The van der Waals surface area contributed by atoms with E-state index in [-0.39, 0.29) is 5.78 Å². The molecule has 0 atom stereocenters. The van der Waals surface area contributed by atoms with Gasteiger partial charge >= 0.3 is 5.76 Å². The van der Waals surface area contributed by atoms with Crippen molar-refractivity contribution in [3.8, 4) is 11.4 Å². The molecule has 0 saturated carbocycles. The molecule has 0 aliphatic carbocycles. The fourth-order valence-corrected chi connectivity index (χ4v) is 4.27. The van der Waals surface area contributed by atoms with Crippen LogP contribution in [-0.2, 0) is 6.54 Å². The monoisotopic (exact) mass is 461 g/mol. The number of Topliss-reactive ketones (excluding diaryl/α,β-unsaturated/α-hetero) is 1. The van der Waals surface area contributed by atoms with Gasteiger partial charge in [-0.05, 0) is 36.9 Å². The molecule has 1 aliphatic heterocycles. The summed E-state index contributed by atoms with van der Waals surface area (Å²) in [5.41, 5.74) is 3.35. The van der Waals surface area contributed by atoms with Crippen molar-refractivity contribution in [2.45, 2.75) is 19.9 Å². The predicted octanol–water partition coefficient (Wildman–Crippen LogP) is 2.82. The minimum atomic E-state index is -0.460. The lowest BCUT2D eigenvalue weighted by atomic mass is 10.1.